The summed E-state index contributed by atoms with van der Waals surface area (Å²) in [6, 6.07) is 0.120. The molecule has 0 radical (unpaired) electrons. The third-order valence-electron chi connectivity index (χ3n) is 4.05. The van der Waals surface area contributed by atoms with Crippen molar-refractivity contribution < 1.29 is 9.84 Å². The van der Waals surface area contributed by atoms with E-state index in [1.54, 1.807) is 7.11 Å². The summed E-state index contributed by atoms with van der Waals surface area (Å²) in [7, 11) is 1.68. The molecule has 6 nitrogen and oxygen atoms in total. The average molecular weight is 334 g/mol. The second kappa shape index (κ2) is 9.08. The van der Waals surface area contributed by atoms with Crippen LogP contribution in [0.2, 0.25) is 0 Å². The van der Waals surface area contributed by atoms with Crippen molar-refractivity contribution in [2.75, 3.05) is 19.0 Å². The molecule has 1 aliphatic rings. The van der Waals surface area contributed by atoms with Crippen LogP contribution in [-0.4, -0.2) is 45.9 Å². The molecule has 0 bridgehead atoms. The Morgan fingerprint density at radius 3 is 2.75 bits per heavy atom. The Morgan fingerprint density at radius 2 is 2.08 bits per heavy atom. The molecular formula is C18H30N4O2. The fourth-order valence-corrected chi connectivity index (χ4v) is 2.76. The van der Waals surface area contributed by atoms with E-state index in [-0.39, 0.29) is 6.04 Å². The van der Waals surface area contributed by atoms with Crippen molar-refractivity contribution in [3.05, 3.63) is 17.7 Å². The van der Waals surface area contributed by atoms with Gasteiger partial charge in [0.05, 0.1) is 12.7 Å². The summed E-state index contributed by atoms with van der Waals surface area (Å²) in [5, 5.41) is 13.2. The van der Waals surface area contributed by atoms with Crippen LogP contribution in [0.1, 0.15) is 58.1 Å². The number of aliphatic hydroxyl groups excluding tert-OH is 1. The molecule has 1 heterocycles. The van der Waals surface area contributed by atoms with Gasteiger partial charge in [-0.05, 0) is 50.2 Å². The van der Waals surface area contributed by atoms with Crippen molar-refractivity contribution in [1.29, 1.82) is 0 Å². The molecule has 0 spiro atoms. The Hall–Kier alpha value is -1.53. The molecule has 0 fully saturated rings. The fraction of sp³-hybridized carbons (Fsp3) is 0.722. The van der Waals surface area contributed by atoms with Crippen LogP contribution >= 0.6 is 0 Å². The van der Waals surface area contributed by atoms with E-state index in [0.717, 1.165) is 43.5 Å². The highest BCUT2D eigenvalue weighted by atomic mass is 16.5. The summed E-state index contributed by atoms with van der Waals surface area (Å²) in [5.41, 5.74) is 1.02. The molecule has 134 valence electrons. The molecule has 24 heavy (non-hydrogen) atoms. The summed E-state index contributed by atoms with van der Waals surface area (Å²) in [6.07, 6.45) is 6.03. The van der Waals surface area contributed by atoms with Gasteiger partial charge >= 0.3 is 0 Å². The SMILES string of the molecule is COC[C@H](C)Nc1nc(CCC(C)C)nc(C2=CC(O)CCC2)n1. The van der Waals surface area contributed by atoms with E-state index in [9.17, 15) is 5.11 Å². The minimum Gasteiger partial charge on any atom is -0.389 e. The Balaban J connectivity index is 2.25. The zero-order chi connectivity index (χ0) is 17.5. The molecule has 1 aromatic rings. The van der Waals surface area contributed by atoms with Crippen LogP contribution in [0, 0.1) is 5.92 Å². The smallest absolute Gasteiger partial charge is 0.226 e. The van der Waals surface area contributed by atoms with Gasteiger partial charge in [0, 0.05) is 19.6 Å². The number of nitrogens with one attached hydrogen (secondary N) is 1. The lowest BCUT2D eigenvalue weighted by molar-refractivity contribution is 0.190. The number of ether oxygens (including phenoxy) is 1. The summed E-state index contributed by atoms with van der Waals surface area (Å²) < 4.78 is 5.17. The normalized spacial score (nSPS) is 19.2. The van der Waals surface area contributed by atoms with Crippen molar-refractivity contribution in [2.45, 2.75) is 65.0 Å². The number of aryl methyl sites for hydroxylation is 1. The highest BCUT2D eigenvalue weighted by molar-refractivity contribution is 5.61. The van der Waals surface area contributed by atoms with Gasteiger partial charge in [0.15, 0.2) is 5.82 Å². The molecular weight excluding hydrogens is 304 g/mol. The number of hydrogen-bond acceptors (Lipinski definition) is 6. The first-order chi connectivity index (χ1) is 11.5. The maximum Gasteiger partial charge on any atom is 0.226 e. The Morgan fingerprint density at radius 1 is 1.29 bits per heavy atom. The molecule has 2 N–H and O–H groups in total. The van der Waals surface area contributed by atoms with E-state index >= 15 is 0 Å². The zero-order valence-electron chi connectivity index (χ0n) is 15.2. The van der Waals surface area contributed by atoms with E-state index in [1.807, 2.05) is 13.0 Å². The standard InChI is InChI=1S/C18H30N4O2/c1-12(2)8-9-16-20-17(14-6-5-7-15(23)10-14)22-18(21-16)19-13(3)11-24-4/h10,12-13,15,23H,5-9,11H2,1-4H3,(H,19,20,21,22)/t13-,15?/m0/s1. The predicted octanol–water partition coefficient (Wildman–Crippen LogP) is 2.84. The minimum absolute atomic E-state index is 0.120. The van der Waals surface area contributed by atoms with Gasteiger partial charge in [0.2, 0.25) is 5.95 Å². The van der Waals surface area contributed by atoms with E-state index in [1.165, 1.54) is 0 Å². The van der Waals surface area contributed by atoms with Crippen molar-refractivity contribution in [1.82, 2.24) is 15.0 Å². The third-order valence-corrected chi connectivity index (χ3v) is 4.05. The van der Waals surface area contributed by atoms with Gasteiger partial charge in [0.1, 0.15) is 5.82 Å². The molecule has 0 saturated carbocycles. The van der Waals surface area contributed by atoms with Crippen LogP contribution in [0.4, 0.5) is 5.95 Å². The van der Waals surface area contributed by atoms with Crippen LogP contribution < -0.4 is 5.32 Å². The lowest BCUT2D eigenvalue weighted by Gasteiger charge is -2.18. The molecule has 2 rings (SSSR count). The second-order valence-electron chi connectivity index (χ2n) is 6.98. The number of allylic oxidation sites excluding steroid dienone is 1. The number of methoxy groups -OCH3 is 1. The van der Waals surface area contributed by atoms with E-state index in [2.05, 4.69) is 34.1 Å². The number of aliphatic hydroxyl groups is 1. The van der Waals surface area contributed by atoms with Crippen LogP contribution in [0.25, 0.3) is 5.57 Å². The fourth-order valence-electron chi connectivity index (χ4n) is 2.76. The van der Waals surface area contributed by atoms with E-state index < -0.39 is 6.10 Å². The number of aromatic nitrogens is 3. The maximum absolute atomic E-state index is 9.89. The Labute approximate surface area is 144 Å². The van der Waals surface area contributed by atoms with Crippen molar-refractivity contribution >= 4 is 11.5 Å². The first-order valence-corrected chi connectivity index (χ1v) is 8.87. The molecule has 0 amide bonds. The molecule has 1 aliphatic carbocycles. The van der Waals surface area contributed by atoms with Gasteiger partial charge in [-0.3, -0.25) is 0 Å². The van der Waals surface area contributed by atoms with Crippen molar-refractivity contribution in [3.8, 4) is 0 Å². The minimum atomic E-state index is -0.395. The lowest BCUT2D eigenvalue weighted by Crippen LogP contribution is -2.23. The van der Waals surface area contributed by atoms with Gasteiger partial charge in [-0.1, -0.05) is 13.8 Å². The molecule has 1 unspecified atom stereocenters. The first-order valence-electron chi connectivity index (χ1n) is 8.87. The van der Waals surface area contributed by atoms with Gasteiger partial charge in [-0.25, -0.2) is 4.98 Å². The van der Waals surface area contributed by atoms with Gasteiger partial charge in [0.25, 0.3) is 0 Å². The predicted molar refractivity (Wildman–Crippen MR) is 95.8 cm³/mol. The van der Waals surface area contributed by atoms with Gasteiger partial charge in [-0.15, -0.1) is 0 Å². The van der Waals surface area contributed by atoms with Crippen LogP contribution in [-0.2, 0) is 11.2 Å². The second-order valence-corrected chi connectivity index (χ2v) is 6.98. The maximum atomic E-state index is 9.89. The molecule has 1 aromatic heterocycles. The highest BCUT2D eigenvalue weighted by Crippen LogP contribution is 2.25. The molecule has 6 heteroatoms. The Bertz CT molecular complexity index is 560. The van der Waals surface area contributed by atoms with E-state index in [0.29, 0.717) is 24.3 Å². The summed E-state index contributed by atoms with van der Waals surface area (Å²) in [5.74, 6) is 2.69. The van der Waals surface area contributed by atoms with Gasteiger partial charge < -0.3 is 15.2 Å². The van der Waals surface area contributed by atoms with Crippen LogP contribution in [0.3, 0.4) is 0 Å². The van der Waals surface area contributed by atoms with Crippen molar-refractivity contribution in [2.24, 2.45) is 5.92 Å². The summed E-state index contributed by atoms with van der Waals surface area (Å²) >= 11 is 0. The first kappa shape index (κ1) is 18.8. The van der Waals surface area contributed by atoms with Gasteiger partial charge in [-0.2, -0.15) is 9.97 Å². The average Bonchev–Trinajstić information content (AvgIpc) is 2.53. The van der Waals surface area contributed by atoms with Crippen LogP contribution in [0.15, 0.2) is 6.08 Å². The molecule has 0 aliphatic heterocycles. The monoisotopic (exact) mass is 334 g/mol. The number of anilines is 1. The zero-order valence-corrected chi connectivity index (χ0v) is 15.2. The third kappa shape index (κ3) is 5.83. The topological polar surface area (TPSA) is 80.2 Å². The quantitative estimate of drug-likeness (QED) is 0.761. The lowest BCUT2D eigenvalue weighted by atomic mass is 9.97. The van der Waals surface area contributed by atoms with Crippen LogP contribution in [0.5, 0.6) is 0 Å². The number of nitrogens with zero attached hydrogens (tertiary/aromatic N) is 3. The summed E-state index contributed by atoms with van der Waals surface area (Å²) in [4.78, 5) is 13.8. The largest absolute Gasteiger partial charge is 0.389 e. The molecule has 0 saturated heterocycles. The van der Waals surface area contributed by atoms with E-state index in [4.69, 9.17) is 4.74 Å². The number of rotatable bonds is 8. The Kier molecular flexibility index (Phi) is 7.12. The summed E-state index contributed by atoms with van der Waals surface area (Å²) in [6.45, 7) is 7.01. The highest BCUT2D eigenvalue weighted by Gasteiger charge is 2.17. The molecule has 0 aromatic carbocycles. The van der Waals surface area contributed by atoms with Crippen molar-refractivity contribution in [3.63, 3.8) is 0 Å². The number of hydrogen-bond donors (Lipinski definition) is 2. The molecule has 2 atom stereocenters.